The Balaban J connectivity index is 2.67. The summed E-state index contributed by atoms with van der Waals surface area (Å²) in [6, 6.07) is 1.76. The van der Waals surface area contributed by atoms with Crippen molar-refractivity contribution in [2.75, 3.05) is 7.11 Å². The van der Waals surface area contributed by atoms with E-state index < -0.39 is 5.97 Å². The summed E-state index contributed by atoms with van der Waals surface area (Å²) >= 11 is 5.91. The predicted molar refractivity (Wildman–Crippen MR) is 63.4 cm³/mol. The fourth-order valence-corrected chi connectivity index (χ4v) is 1.80. The van der Waals surface area contributed by atoms with Gasteiger partial charge in [0.25, 0.3) is 0 Å². The zero-order valence-corrected chi connectivity index (χ0v) is 10.5. The van der Waals surface area contributed by atoms with Crippen LogP contribution in [0.5, 0.6) is 0 Å². The second kappa shape index (κ2) is 4.33. The zero-order chi connectivity index (χ0) is 12.6. The summed E-state index contributed by atoms with van der Waals surface area (Å²) in [6.07, 6.45) is 1.51. The second-order valence-electron chi connectivity index (χ2n) is 3.96. The van der Waals surface area contributed by atoms with Crippen molar-refractivity contribution in [1.29, 1.82) is 0 Å². The van der Waals surface area contributed by atoms with Crippen molar-refractivity contribution in [3.05, 3.63) is 28.7 Å². The summed E-state index contributed by atoms with van der Waals surface area (Å²) in [7, 11) is 1.32. The summed E-state index contributed by atoms with van der Waals surface area (Å²) in [6.45, 7) is 4.05. The summed E-state index contributed by atoms with van der Waals surface area (Å²) < 4.78 is 6.12. The highest BCUT2D eigenvalue weighted by molar-refractivity contribution is 6.29. The SMILES string of the molecule is COC(=O)c1cn2nc(Cl)cc(C(C)C)c2n1. The van der Waals surface area contributed by atoms with Crippen LogP contribution in [0, 0.1) is 0 Å². The van der Waals surface area contributed by atoms with E-state index in [1.54, 1.807) is 6.07 Å². The maximum Gasteiger partial charge on any atom is 0.358 e. The van der Waals surface area contributed by atoms with Crippen LogP contribution < -0.4 is 0 Å². The van der Waals surface area contributed by atoms with E-state index in [1.165, 1.54) is 17.8 Å². The number of carbonyl (C=O) groups is 1. The number of nitrogens with zero attached hydrogens (tertiary/aromatic N) is 3. The Hall–Kier alpha value is -1.62. The second-order valence-corrected chi connectivity index (χ2v) is 4.35. The topological polar surface area (TPSA) is 56.5 Å². The molecule has 17 heavy (non-hydrogen) atoms. The normalized spacial score (nSPS) is 11.1. The molecule has 0 unspecified atom stereocenters. The predicted octanol–water partition coefficient (Wildman–Crippen LogP) is 2.29. The molecule has 6 heteroatoms. The third kappa shape index (κ3) is 2.10. The molecular weight excluding hydrogens is 242 g/mol. The Morgan fingerprint density at radius 3 is 2.82 bits per heavy atom. The Labute approximate surface area is 103 Å². The van der Waals surface area contributed by atoms with Crippen LogP contribution in [0.15, 0.2) is 12.3 Å². The number of methoxy groups -OCH3 is 1. The van der Waals surface area contributed by atoms with Gasteiger partial charge in [-0.1, -0.05) is 25.4 Å². The molecular formula is C11H12ClN3O2. The molecule has 2 aromatic heterocycles. The molecule has 0 saturated carbocycles. The lowest BCUT2D eigenvalue weighted by Gasteiger charge is -2.06. The molecule has 2 heterocycles. The van der Waals surface area contributed by atoms with Gasteiger partial charge in [0.2, 0.25) is 0 Å². The van der Waals surface area contributed by atoms with Crippen LogP contribution in [0.3, 0.4) is 0 Å². The number of halogens is 1. The highest BCUT2D eigenvalue weighted by atomic mass is 35.5. The van der Waals surface area contributed by atoms with E-state index in [4.69, 9.17) is 11.6 Å². The highest BCUT2D eigenvalue weighted by Crippen LogP contribution is 2.22. The summed E-state index contributed by atoms with van der Waals surface area (Å²) in [5.41, 5.74) is 1.80. The highest BCUT2D eigenvalue weighted by Gasteiger charge is 2.16. The van der Waals surface area contributed by atoms with Gasteiger partial charge in [0, 0.05) is 5.56 Å². The largest absolute Gasteiger partial charge is 0.464 e. The zero-order valence-electron chi connectivity index (χ0n) is 9.77. The van der Waals surface area contributed by atoms with Crippen molar-refractivity contribution < 1.29 is 9.53 Å². The average Bonchev–Trinajstić information content (AvgIpc) is 2.69. The van der Waals surface area contributed by atoms with Crippen molar-refractivity contribution in [3.63, 3.8) is 0 Å². The summed E-state index contributed by atoms with van der Waals surface area (Å²) in [5, 5.41) is 4.44. The molecule has 0 aromatic carbocycles. The number of fused-ring (bicyclic) bond motifs is 1. The first-order valence-electron chi connectivity index (χ1n) is 5.17. The average molecular weight is 254 g/mol. The molecule has 0 aliphatic carbocycles. The first-order chi connectivity index (χ1) is 8.02. The molecule has 0 bridgehead atoms. The fourth-order valence-electron chi connectivity index (χ4n) is 1.60. The van der Waals surface area contributed by atoms with Crippen molar-refractivity contribution >= 4 is 23.2 Å². The number of ether oxygens (including phenoxy) is 1. The Morgan fingerprint density at radius 2 is 2.24 bits per heavy atom. The van der Waals surface area contributed by atoms with Gasteiger partial charge in [0.05, 0.1) is 13.3 Å². The van der Waals surface area contributed by atoms with Crippen molar-refractivity contribution in [2.45, 2.75) is 19.8 Å². The van der Waals surface area contributed by atoms with Gasteiger partial charge in [-0.15, -0.1) is 0 Å². The van der Waals surface area contributed by atoms with Crippen LogP contribution >= 0.6 is 11.6 Å². The van der Waals surface area contributed by atoms with Gasteiger partial charge < -0.3 is 4.74 Å². The van der Waals surface area contributed by atoms with E-state index >= 15 is 0 Å². The molecule has 0 radical (unpaired) electrons. The molecule has 0 fully saturated rings. The fraction of sp³-hybridized carbons (Fsp3) is 0.364. The number of aromatic nitrogens is 3. The minimum atomic E-state index is -0.485. The number of esters is 1. The third-order valence-corrected chi connectivity index (χ3v) is 2.63. The number of hydrogen-bond acceptors (Lipinski definition) is 4. The number of hydrogen-bond donors (Lipinski definition) is 0. The molecule has 2 aromatic rings. The first-order valence-corrected chi connectivity index (χ1v) is 5.55. The van der Waals surface area contributed by atoms with Crippen LogP contribution in [0.4, 0.5) is 0 Å². The van der Waals surface area contributed by atoms with Crippen LogP contribution in [0.25, 0.3) is 5.65 Å². The van der Waals surface area contributed by atoms with Crippen LogP contribution in [-0.2, 0) is 4.74 Å². The molecule has 2 rings (SSSR count). The Morgan fingerprint density at radius 1 is 1.53 bits per heavy atom. The minimum absolute atomic E-state index is 0.226. The number of imidazole rings is 1. The van der Waals surface area contributed by atoms with Gasteiger partial charge in [0.1, 0.15) is 5.15 Å². The van der Waals surface area contributed by atoms with E-state index in [0.717, 1.165) is 5.56 Å². The molecule has 0 spiro atoms. The lowest BCUT2D eigenvalue weighted by Crippen LogP contribution is -2.00. The van der Waals surface area contributed by atoms with Gasteiger partial charge >= 0.3 is 5.97 Å². The lowest BCUT2D eigenvalue weighted by atomic mass is 10.1. The first kappa shape index (κ1) is 11.9. The molecule has 5 nitrogen and oxygen atoms in total. The summed E-state index contributed by atoms with van der Waals surface area (Å²) in [5.74, 6) is -0.243. The van der Waals surface area contributed by atoms with Crippen LogP contribution in [-0.4, -0.2) is 27.7 Å². The Kier molecular flexibility index (Phi) is 3.02. The molecule has 0 atom stereocenters. The molecule has 0 amide bonds. The van der Waals surface area contributed by atoms with Gasteiger partial charge in [-0.25, -0.2) is 14.3 Å². The van der Waals surface area contributed by atoms with E-state index in [2.05, 4.69) is 14.8 Å². The standard InChI is InChI=1S/C11H12ClN3O2/c1-6(2)7-4-9(12)14-15-5-8(11(16)17-3)13-10(7)15/h4-6H,1-3H3. The van der Waals surface area contributed by atoms with E-state index in [1.807, 2.05) is 13.8 Å². The van der Waals surface area contributed by atoms with E-state index in [-0.39, 0.29) is 11.6 Å². The molecule has 0 aliphatic heterocycles. The Bertz CT molecular complexity index is 577. The van der Waals surface area contributed by atoms with Crippen molar-refractivity contribution in [3.8, 4) is 0 Å². The van der Waals surface area contributed by atoms with Gasteiger partial charge in [-0.2, -0.15) is 5.10 Å². The number of carbonyl (C=O) groups excluding carboxylic acids is 1. The van der Waals surface area contributed by atoms with Crippen LogP contribution in [0.2, 0.25) is 5.15 Å². The smallest absolute Gasteiger partial charge is 0.358 e. The lowest BCUT2D eigenvalue weighted by molar-refractivity contribution is 0.0595. The maximum absolute atomic E-state index is 11.4. The van der Waals surface area contributed by atoms with Crippen molar-refractivity contribution in [2.24, 2.45) is 0 Å². The molecule has 90 valence electrons. The van der Waals surface area contributed by atoms with E-state index in [0.29, 0.717) is 10.8 Å². The molecule has 0 aliphatic rings. The molecule has 0 saturated heterocycles. The van der Waals surface area contributed by atoms with Crippen molar-refractivity contribution in [1.82, 2.24) is 14.6 Å². The van der Waals surface area contributed by atoms with Gasteiger partial charge in [-0.3, -0.25) is 0 Å². The molecule has 0 N–H and O–H groups in total. The van der Waals surface area contributed by atoms with Gasteiger partial charge in [-0.05, 0) is 12.0 Å². The monoisotopic (exact) mass is 253 g/mol. The summed E-state index contributed by atoms with van der Waals surface area (Å²) in [4.78, 5) is 15.6. The quantitative estimate of drug-likeness (QED) is 0.771. The van der Waals surface area contributed by atoms with Crippen LogP contribution in [0.1, 0.15) is 35.8 Å². The van der Waals surface area contributed by atoms with E-state index in [9.17, 15) is 4.79 Å². The van der Waals surface area contributed by atoms with Gasteiger partial charge in [0.15, 0.2) is 11.3 Å². The number of rotatable bonds is 2. The third-order valence-electron chi connectivity index (χ3n) is 2.44. The minimum Gasteiger partial charge on any atom is -0.464 e. The maximum atomic E-state index is 11.4.